The molecule has 0 aromatic heterocycles. The van der Waals surface area contributed by atoms with Crippen molar-refractivity contribution in [3.05, 3.63) is 35.9 Å². The molecule has 0 unspecified atom stereocenters. The Morgan fingerprint density at radius 3 is 2.53 bits per heavy atom. The first-order valence-electron chi connectivity index (χ1n) is 10.6. The van der Waals surface area contributed by atoms with Gasteiger partial charge in [-0.25, -0.2) is 13.1 Å². The number of aliphatic hydroxyl groups is 1. The van der Waals surface area contributed by atoms with E-state index in [1.165, 1.54) is 0 Å². The first-order chi connectivity index (χ1) is 14.5. The molecule has 0 spiro atoms. The average molecular weight is 441 g/mol. The second-order valence-corrected chi connectivity index (χ2v) is 9.75. The first-order valence-corrected chi connectivity index (χ1v) is 12.3. The van der Waals surface area contributed by atoms with E-state index in [2.05, 4.69) is 10.0 Å². The minimum Gasteiger partial charge on any atom is -0.394 e. The van der Waals surface area contributed by atoms with Gasteiger partial charge in [-0.05, 0) is 37.7 Å². The molecule has 0 saturated carbocycles. The molecular weight excluding hydrogens is 408 g/mol. The molecule has 1 aromatic carbocycles. The van der Waals surface area contributed by atoms with E-state index in [-0.39, 0.29) is 30.3 Å². The highest BCUT2D eigenvalue weighted by Gasteiger charge is 2.33. The van der Waals surface area contributed by atoms with Crippen molar-refractivity contribution < 1.29 is 27.8 Å². The summed E-state index contributed by atoms with van der Waals surface area (Å²) in [6.07, 6.45) is 2.67. The first kappa shape index (κ1) is 23.1. The van der Waals surface area contributed by atoms with Crippen LogP contribution in [-0.4, -0.2) is 64.0 Å². The van der Waals surface area contributed by atoms with Crippen molar-refractivity contribution in [3.8, 4) is 0 Å². The summed E-state index contributed by atoms with van der Waals surface area (Å²) in [7, 11) is -3.54. The Bertz CT molecular complexity index is 767. The summed E-state index contributed by atoms with van der Waals surface area (Å²) in [5.74, 6) is -0.0385. The van der Waals surface area contributed by atoms with E-state index in [1.54, 1.807) is 24.3 Å². The van der Waals surface area contributed by atoms with Gasteiger partial charge in [-0.15, -0.1) is 0 Å². The third kappa shape index (κ3) is 7.02. The predicted molar refractivity (Wildman–Crippen MR) is 112 cm³/mol. The van der Waals surface area contributed by atoms with Gasteiger partial charge in [0.2, 0.25) is 15.9 Å². The van der Waals surface area contributed by atoms with Gasteiger partial charge < -0.3 is 19.9 Å². The van der Waals surface area contributed by atoms with E-state index in [0.29, 0.717) is 44.6 Å². The summed E-state index contributed by atoms with van der Waals surface area (Å²) in [5.41, 5.74) is 0.709. The minimum atomic E-state index is -3.54. The lowest BCUT2D eigenvalue weighted by Gasteiger charge is -2.36. The molecule has 0 bridgehead atoms. The van der Waals surface area contributed by atoms with Crippen LogP contribution in [0.3, 0.4) is 0 Å². The molecule has 3 rings (SSSR count). The maximum absolute atomic E-state index is 12.5. The Balaban J connectivity index is 1.43. The van der Waals surface area contributed by atoms with Crippen molar-refractivity contribution >= 4 is 15.9 Å². The van der Waals surface area contributed by atoms with Crippen LogP contribution in [0.2, 0.25) is 0 Å². The van der Waals surface area contributed by atoms with Crippen LogP contribution in [0.25, 0.3) is 0 Å². The standard InChI is InChI=1S/C21H32N2O6S/c24-14-20-19(23-30(26,27)15-16-4-2-1-3-5-16)7-6-18(29-20)8-11-22-21(25)17-9-12-28-13-10-17/h1-5,17-20,23-24H,6-15H2,(H,22,25)/t18-,19+,20-/m0/s1. The fourth-order valence-corrected chi connectivity index (χ4v) is 5.45. The number of benzene rings is 1. The largest absolute Gasteiger partial charge is 0.394 e. The van der Waals surface area contributed by atoms with E-state index in [1.807, 2.05) is 6.07 Å². The number of aliphatic hydroxyl groups excluding tert-OH is 1. The van der Waals surface area contributed by atoms with E-state index in [0.717, 1.165) is 12.8 Å². The van der Waals surface area contributed by atoms with Gasteiger partial charge in [0, 0.05) is 25.7 Å². The van der Waals surface area contributed by atoms with Crippen LogP contribution in [0.5, 0.6) is 0 Å². The average Bonchev–Trinajstić information content (AvgIpc) is 2.75. The molecule has 8 nitrogen and oxygen atoms in total. The van der Waals surface area contributed by atoms with Gasteiger partial charge in [0.05, 0.1) is 30.6 Å². The Labute approximate surface area is 178 Å². The van der Waals surface area contributed by atoms with Gasteiger partial charge in [-0.2, -0.15) is 0 Å². The van der Waals surface area contributed by atoms with Crippen LogP contribution < -0.4 is 10.0 Å². The highest BCUT2D eigenvalue weighted by Crippen LogP contribution is 2.23. The third-order valence-electron chi connectivity index (χ3n) is 5.68. The molecule has 3 N–H and O–H groups in total. The Morgan fingerprint density at radius 2 is 1.83 bits per heavy atom. The summed E-state index contributed by atoms with van der Waals surface area (Å²) in [6.45, 7) is 1.50. The molecule has 30 heavy (non-hydrogen) atoms. The quantitative estimate of drug-likeness (QED) is 0.527. The van der Waals surface area contributed by atoms with Crippen molar-refractivity contribution in [2.24, 2.45) is 5.92 Å². The van der Waals surface area contributed by atoms with Crippen molar-refractivity contribution in [2.75, 3.05) is 26.4 Å². The number of hydrogen-bond donors (Lipinski definition) is 3. The fourth-order valence-electron chi connectivity index (χ4n) is 4.01. The van der Waals surface area contributed by atoms with E-state index in [9.17, 15) is 18.3 Å². The molecule has 2 saturated heterocycles. The number of rotatable bonds is 9. The zero-order valence-electron chi connectivity index (χ0n) is 17.2. The minimum absolute atomic E-state index is 0.0135. The van der Waals surface area contributed by atoms with E-state index in [4.69, 9.17) is 9.47 Å². The van der Waals surface area contributed by atoms with Crippen molar-refractivity contribution in [2.45, 2.75) is 56.1 Å². The van der Waals surface area contributed by atoms with Crippen molar-refractivity contribution in [1.29, 1.82) is 0 Å². The van der Waals surface area contributed by atoms with Gasteiger partial charge >= 0.3 is 0 Å². The molecule has 2 heterocycles. The molecule has 2 aliphatic rings. The highest BCUT2D eigenvalue weighted by molar-refractivity contribution is 7.88. The number of hydrogen-bond acceptors (Lipinski definition) is 6. The van der Waals surface area contributed by atoms with Gasteiger partial charge in [0.1, 0.15) is 0 Å². The van der Waals surface area contributed by atoms with E-state index < -0.39 is 22.2 Å². The number of nitrogens with one attached hydrogen (secondary N) is 2. The molecule has 168 valence electrons. The summed E-state index contributed by atoms with van der Waals surface area (Å²) in [6, 6.07) is 8.52. The van der Waals surface area contributed by atoms with Crippen LogP contribution in [0.1, 0.15) is 37.7 Å². The number of ether oxygens (including phenoxy) is 2. The van der Waals surface area contributed by atoms with Crippen molar-refractivity contribution in [1.82, 2.24) is 10.0 Å². The van der Waals surface area contributed by atoms with Crippen molar-refractivity contribution in [3.63, 3.8) is 0 Å². The van der Waals surface area contributed by atoms with Crippen LogP contribution in [-0.2, 0) is 30.0 Å². The van der Waals surface area contributed by atoms with Gasteiger partial charge in [0.25, 0.3) is 0 Å². The molecule has 3 atom stereocenters. The maximum atomic E-state index is 12.5. The Kier molecular flexibility index (Phi) is 8.64. The van der Waals surface area contributed by atoms with Gasteiger partial charge in [-0.3, -0.25) is 4.79 Å². The fraction of sp³-hybridized carbons (Fsp3) is 0.667. The summed E-state index contributed by atoms with van der Waals surface area (Å²) >= 11 is 0. The number of amides is 1. The number of carbonyl (C=O) groups excluding carboxylic acids is 1. The smallest absolute Gasteiger partial charge is 0.223 e. The summed E-state index contributed by atoms with van der Waals surface area (Å²) < 4.78 is 38.9. The molecule has 9 heteroatoms. The Hall–Kier alpha value is -1.52. The maximum Gasteiger partial charge on any atom is 0.223 e. The SMILES string of the molecule is O=C(NCC[C@@H]1CC[C@@H](NS(=O)(=O)Cc2ccccc2)[C@H](CO)O1)C1CCOCC1. The van der Waals surface area contributed by atoms with Crippen LogP contribution in [0.4, 0.5) is 0 Å². The predicted octanol–water partition coefficient (Wildman–Crippen LogP) is 0.947. The van der Waals surface area contributed by atoms with Crippen LogP contribution in [0, 0.1) is 5.92 Å². The second-order valence-electron chi connectivity index (χ2n) is 7.99. The lowest BCUT2D eigenvalue weighted by molar-refractivity contribution is -0.128. The van der Waals surface area contributed by atoms with Crippen LogP contribution in [0.15, 0.2) is 30.3 Å². The lowest BCUT2D eigenvalue weighted by Crippen LogP contribution is -2.51. The van der Waals surface area contributed by atoms with Gasteiger partial charge in [-0.1, -0.05) is 30.3 Å². The Morgan fingerprint density at radius 1 is 1.10 bits per heavy atom. The summed E-state index contributed by atoms with van der Waals surface area (Å²) in [5, 5.41) is 12.7. The molecule has 0 radical (unpaired) electrons. The number of carbonyl (C=O) groups is 1. The second kappa shape index (κ2) is 11.2. The molecule has 2 aliphatic heterocycles. The normalized spacial score (nSPS) is 25.7. The molecule has 1 amide bonds. The molecule has 2 fully saturated rings. The summed E-state index contributed by atoms with van der Waals surface area (Å²) in [4.78, 5) is 12.2. The zero-order valence-corrected chi connectivity index (χ0v) is 18.0. The van der Waals surface area contributed by atoms with Gasteiger partial charge in [0.15, 0.2) is 0 Å². The van der Waals surface area contributed by atoms with Crippen LogP contribution >= 0.6 is 0 Å². The monoisotopic (exact) mass is 440 g/mol. The topological polar surface area (TPSA) is 114 Å². The molecule has 1 aromatic rings. The third-order valence-corrected chi connectivity index (χ3v) is 7.06. The lowest BCUT2D eigenvalue weighted by atomic mass is 9.97. The zero-order chi connectivity index (χ0) is 21.4. The highest BCUT2D eigenvalue weighted by atomic mass is 32.2. The number of sulfonamides is 1. The molecule has 0 aliphatic carbocycles. The molecular formula is C21H32N2O6S. The van der Waals surface area contributed by atoms with E-state index >= 15 is 0 Å².